The van der Waals surface area contributed by atoms with Crippen molar-refractivity contribution in [1.29, 1.82) is 0 Å². The van der Waals surface area contributed by atoms with Gasteiger partial charge in [0.15, 0.2) is 5.96 Å². The zero-order valence-corrected chi connectivity index (χ0v) is 21.1. The van der Waals surface area contributed by atoms with E-state index in [1.807, 2.05) is 18.2 Å². The predicted molar refractivity (Wildman–Crippen MR) is 132 cm³/mol. The minimum atomic E-state index is -0.0914. The van der Waals surface area contributed by atoms with Gasteiger partial charge in [-0.2, -0.15) is 0 Å². The van der Waals surface area contributed by atoms with E-state index in [-0.39, 0.29) is 41.8 Å². The summed E-state index contributed by atoms with van der Waals surface area (Å²) in [5, 5.41) is 7.30. The van der Waals surface area contributed by atoms with E-state index >= 15 is 0 Å². The number of hydrogen-bond acceptors (Lipinski definition) is 4. The number of likely N-dealkylation sites (tertiary alicyclic amines) is 1. The number of carbonyl (C=O) groups excluding carboxylic acids is 2. The number of piperidine rings is 1. The molecule has 0 radical (unpaired) electrons. The monoisotopic (exact) mass is 549 g/mol. The molecule has 0 aliphatic carbocycles. The number of carbonyl (C=O) groups is 2. The highest BCUT2D eigenvalue weighted by molar-refractivity contribution is 14.0. The summed E-state index contributed by atoms with van der Waals surface area (Å²) in [5.74, 6) is 0.448. The van der Waals surface area contributed by atoms with Gasteiger partial charge in [-0.15, -0.1) is 24.0 Å². The number of nitrogens with one attached hydrogen (secondary N) is 2. The van der Waals surface area contributed by atoms with Crippen molar-refractivity contribution in [3.05, 3.63) is 34.9 Å². The van der Waals surface area contributed by atoms with Crippen LogP contribution in [0.1, 0.15) is 44.7 Å². The molecule has 1 aromatic rings. The maximum atomic E-state index is 11.9. The summed E-state index contributed by atoms with van der Waals surface area (Å²) in [7, 11) is 1.70. The number of amides is 2. The molecular weight excluding hydrogens is 517 g/mol. The molecule has 168 valence electrons. The molecule has 9 heteroatoms. The van der Waals surface area contributed by atoms with E-state index < -0.39 is 0 Å². The molecule has 1 fully saturated rings. The van der Waals surface area contributed by atoms with E-state index in [9.17, 15) is 9.59 Å². The molecule has 2 amide bonds. The van der Waals surface area contributed by atoms with E-state index in [4.69, 9.17) is 11.6 Å². The van der Waals surface area contributed by atoms with E-state index in [0.717, 1.165) is 23.7 Å². The maximum absolute atomic E-state index is 11.9. The Morgan fingerprint density at radius 3 is 2.37 bits per heavy atom. The van der Waals surface area contributed by atoms with Crippen molar-refractivity contribution < 1.29 is 9.59 Å². The van der Waals surface area contributed by atoms with E-state index in [0.29, 0.717) is 44.9 Å². The highest BCUT2D eigenvalue weighted by Crippen LogP contribution is 2.26. The van der Waals surface area contributed by atoms with Gasteiger partial charge in [0.1, 0.15) is 0 Å². The van der Waals surface area contributed by atoms with Gasteiger partial charge in [0.05, 0.1) is 6.04 Å². The van der Waals surface area contributed by atoms with Crippen LogP contribution in [0.2, 0.25) is 5.02 Å². The molecule has 2 N–H and O–H groups in total. The second-order valence-corrected chi connectivity index (χ2v) is 7.34. The largest absolute Gasteiger partial charge is 0.355 e. The number of imide groups is 1. The fourth-order valence-electron chi connectivity index (χ4n) is 3.59. The number of nitrogens with zero attached hydrogens (tertiary/aromatic N) is 3. The molecule has 30 heavy (non-hydrogen) atoms. The van der Waals surface area contributed by atoms with Gasteiger partial charge in [0, 0.05) is 44.5 Å². The highest BCUT2D eigenvalue weighted by atomic mass is 127. The van der Waals surface area contributed by atoms with Crippen LogP contribution in [0.4, 0.5) is 0 Å². The lowest BCUT2D eigenvalue weighted by atomic mass is 10.0. The second kappa shape index (κ2) is 13.8. The summed E-state index contributed by atoms with van der Waals surface area (Å²) in [6, 6.07) is 7.99. The van der Waals surface area contributed by atoms with Crippen LogP contribution < -0.4 is 10.6 Å². The molecule has 1 saturated heterocycles. The van der Waals surface area contributed by atoms with Crippen LogP contribution in [0, 0.1) is 0 Å². The summed E-state index contributed by atoms with van der Waals surface area (Å²) < 4.78 is 0. The molecule has 1 aromatic carbocycles. The molecule has 7 nitrogen and oxygen atoms in total. The first-order valence-electron chi connectivity index (χ1n) is 10.3. The fraction of sp³-hybridized carbons (Fsp3) is 0.571. The van der Waals surface area contributed by atoms with Gasteiger partial charge in [-0.1, -0.05) is 43.6 Å². The Balaban J connectivity index is 0.00000450. The Labute approximate surface area is 201 Å². The number of benzene rings is 1. The summed E-state index contributed by atoms with van der Waals surface area (Å²) in [6.07, 6.45) is 1.55. The topological polar surface area (TPSA) is 77.0 Å². The van der Waals surface area contributed by atoms with Gasteiger partial charge in [0.2, 0.25) is 11.8 Å². The van der Waals surface area contributed by atoms with Crippen LogP contribution in [0.15, 0.2) is 29.3 Å². The van der Waals surface area contributed by atoms with E-state index in [2.05, 4.69) is 40.4 Å². The molecular formula is C21H33ClIN5O2. The molecule has 1 aliphatic rings. The van der Waals surface area contributed by atoms with Gasteiger partial charge in [-0.25, -0.2) is 0 Å². The van der Waals surface area contributed by atoms with Crippen LogP contribution in [-0.2, 0) is 9.59 Å². The average molecular weight is 550 g/mol. The zero-order chi connectivity index (χ0) is 21.2. The summed E-state index contributed by atoms with van der Waals surface area (Å²) in [6.45, 7) is 7.51. The van der Waals surface area contributed by atoms with Crippen molar-refractivity contribution in [3.63, 3.8) is 0 Å². The number of likely N-dealkylation sites (N-methyl/N-ethyl adjacent to an activating group) is 1. The smallest absolute Gasteiger partial charge is 0.229 e. The predicted octanol–water partition coefficient (Wildman–Crippen LogP) is 3.05. The van der Waals surface area contributed by atoms with Crippen molar-refractivity contribution in [3.8, 4) is 0 Å². The van der Waals surface area contributed by atoms with Crippen molar-refractivity contribution in [2.75, 3.05) is 39.8 Å². The molecule has 1 atom stereocenters. The third-order valence-corrected chi connectivity index (χ3v) is 5.56. The van der Waals surface area contributed by atoms with E-state index in [1.165, 1.54) is 4.90 Å². The molecule has 1 unspecified atom stereocenters. The lowest BCUT2D eigenvalue weighted by Gasteiger charge is -2.31. The molecule has 0 bridgehead atoms. The van der Waals surface area contributed by atoms with Crippen LogP contribution in [-0.4, -0.2) is 67.3 Å². The lowest BCUT2D eigenvalue weighted by molar-refractivity contribution is -0.147. The van der Waals surface area contributed by atoms with Crippen LogP contribution in [0.25, 0.3) is 0 Å². The van der Waals surface area contributed by atoms with Gasteiger partial charge in [-0.3, -0.25) is 24.4 Å². The number of guanidine groups is 1. The summed E-state index contributed by atoms with van der Waals surface area (Å²) in [4.78, 5) is 31.8. The van der Waals surface area contributed by atoms with Gasteiger partial charge >= 0.3 is 0 Å². The van der Waals surface area contributed by atoms with E-state index in [1.54, 1.807) is 7.05 Å². The SMILES string of the molecule is CCN(CC)C(CNC(=NC)NCCN1C(=O)CCCC1=O)c1ccccc1Cl.I. The zero-order valence-electron chi connectivity index (χ0n) is 18.0. The van der Waals surface area contributed by atoms with Crippen LogP contribution in [0.3, 0.4) is 0 Å². The van der Waals surface area contributed by atoms with Crippen LogP contribution >= 0.6 is 35.6 Å². The van der Waals surface area contributed by atoms with Crippen molar-refractivity contribution in [1.82, 2.24) is 20.4 Å². The molecule has 0 aromatic heterocycles. The Bertz CT molecular complexity index is 711. The minimum Gasteiger partial charge on any atom is -0.355 e. The Hall–Kier alpha value is -1.39. The second-order valence-electron chi connectivity index (χ2n) is 6.93. The van der Waals surface area contributed by atoms with Gasteiger partial charge < -0.3 is 10.6 Å². The highest BCUT2D eigenvalue weighted by Gasteiger charge is 2.25. The van der Waals surface area contributed by atoms with Crippen molar-refractivity contribution in [2.24, 2.45) is 4.99 Å². The normalized spacial score (nSPS) is 15.8. The third kappa shape index (κ3) is 7.39. The lowest BCUT2D eigenvalue weighted by Crippen LogP contribution is -2.47. The first-order chi connectivity index (χ1) is 14.0. The van der Waals surface area contributed by atoms with Crippen LogP contribution in [0.5, 0.6) is 0 Å². The molecule has 1 aliphatic heterocycles. The molecule has 1 heterocycles. The number of hydrogen-bond donors (Lipinski definition) is 2. The Kier molecular flexibility index (Phi) is 12.3. The third-order valence-electron chi connectivity index (χ3n) is 5.22. The molecule has 2 rings (SSSR count). The van der Waals surface area contributed by atoms with Crippen molar-refractivity contribution >= 4 is 53.4 Å². The summed E-state index contributed by atoms with van der Waals surface area (Å²) in [5.41, 5.74) is 1.07. The molecule has 0 spiro atoms. The Morgan fingerprint density at radius 1 is 1.17 bits per heavy atom. The van der Waals surface area contributed by atoms with Gasteiger partial charge in [-0.05, 0) is 31.1 Å². The quantitative estimate of drug-likeness (QED) is 0.214. The first-order valence-corrected chi connectivity index (χ1v) is 10.7. The minimum absolute atomic E-state index is 0. The number of rotatable bonds is 9. The maximum Gasteiger partial charge on any atom is 0.229 e. The first kappa shape index (κ1) is 26.6. The van der Waals surface area contributed by atoms with Gasteiger partial charge in [0.25, 0.3) is 0 Å². The van der Waals surface area contributed by atoms with Crippen molar-refractivity contribution in [2.45, 2.75) is 39.2 Å². The average Bonchev–Trinajstić information content (AvgIpc) is 2.72. The number of halogens is 2. The number of aliphatic imine (C=N–C) groups is 1. The summed E-state index contributed by atoms with van der Waals surface area (Å²) >= 11 is 6.45. The fourth-order valence-corrected chi connectivity index (χ4v) is 3.86. The Morgan fingerprint density at radius 2 is 1.80 bits per heavy atom. The molecule has 0 saturated carbocycles. The standard InChI is InChI=1S/C21H32ClN5O2.HI/c1-4-26(5-2)18(16-9-6-7-10-17(16)22)15-25-21(23-3)24-13-14-27-19(28)11-8-12-20(27)29;/h6-7,9-10,18H,4-5,8,11-15H2,1-3H3,(H2,23,24,25);1H.